The normalized spacial score (nSPS) is 12.8. The van der Waals surface area contributed by atoms with Crippen LogP contribution in [0.15, 0.2) is 28.7 Å². The van der Waals surface area contributed by atoms with Gasteiger partial charge in [0.25, 0.3) is 0 Å². The zero-order chi connectivity index (χ0) is 12.1. The predicted octanol–water partition coefficient (Wildman–Crippen LogP) is 3.69. The van der Waals surface area contributed by atoms with Crippen LogP contribution in [-0.2, 0) is 4.74 Å². The summed E-state index contributed by atoms with van der Waals surface area (Å²) < 4.78 is 6.32. The maximum Gasteiger partial charge on any atom is 0.189 e. The third kappa shape index (κ3) is 3.72. The van der Waals surface area contributed by atoms with Gasteiger partial charge in [-0.3, -0.25) is 4.79 Å². The Hall–Kier alpha value is -0.670. The molecule has 0 radical (unpaired) electrons. The van der Waals surface area contributed by atoms with Gasteiger partial charge in [-0.1, -0.05) is 48.0 Å². The van der Waals surface area contributed by atoms with E-state index >= 15 is 0 Å². The monoisotopic (exact) mass is 284 g/mol. The third-order valence-electron chi connectivity index (χ3n) is 2.59. The molecule has 0 bridgehead atoms. The maximum atomic E-state index is 11.8. The van der Waals surface area contributed by atoms with Crippen LogP contribution in [0, 0.1) is 5.92 Å². The quantitative estimate of drug-likeness (QED) is 0.771. The molecule has 1 unspecified atom stereocenters. The molecule has 1 aromatic carbocycles. The van der Waals surface area contributed by atoms with Gasteiger partial charge in [0.05, 0.1) is 6.10 Å². The summed E-state index contributed by atoms with van der Waals surface area (Å²) in [6.07, 6.45) is 0.103. The van der Waals surface area contributed by atoms with Crippen molar-refractivity contribution in [2.45, 2.75) is 26.9 Å². The number of ketones is 1. The number of halogens is 1. The van der Waals surface area contributed by atoms with Crippen molar-refractivity contribution in [2.24, 2.45) is 5.92 Å². The highest BCUT2D eigenvalue weighted by Crippen LogP contribution is 2.17. The third-order valence-corrected chi connectivity index (χ3v) is 3.28. The molecular weight excluding hydrogens is 268 g/mol. The molecule has 0 spiro atoms. The fourth-order valence-corrected chi connectivity index (χ4v) is 1.67. The predicted molar refractivity (Wildman–Crippen MR) is 68.7 cm³/mol. The van der Waals surface area contributed by atoms with E-state index < -0.39 is 0 Å². The first kappa shape index (κ1) is 13.4. The van der Waals surface area contributed by atoms with Crippen molar-refractivity contribution < 1.29 is 9.53 Å². The van der Waals surface area contributed by atoms with Crippen LogP contribution in [0.5, 0.6) is 0 Å². The number of hydrogen-bond donors (Lipinski definition) is 0. The summed E-state index contributed by atoms with van der Waals surface area (Å²) in [5.41, 5.74) is 0.679. The second-order valence-corrected chi connectivity index (χ2v) is 5.02. The van der Waals surface area contributed by atoms with E-state index in [1.165, 1.54) is 0 Å². The molecule has 0 saturated carbocycles. The van der Waals surface area contributed by atoms with Crippen molar-refractivity contribution in [1.29, 1.82) is 0 Å². The lowest BCUT2D eigenvalue weighted by Crippen LogP contribution is -2.20. The molecule has 1 aromatic rings. The number of hydrogen-bond acceptors (Lipinski definition) is 2. The van der Waals surface area contributed by atoms with Crippen LogP contribution in [0.3, 0.4) is 0 Å². The Bertz CT molecular complexity index is 361. The number of ether oxygens (including phenoxy) is 1. The Morgan fingerprint density at radius 2 is 1.94 bits per heavy atom. The van der Waals surface area contributed by atoms with E-state index in [0.29, 0.717) is 11.5 Å². The molecule has 0 aliphatic carbocycles. The van der Waals surface area contributed by atoms with Crippen molar-refractivity contribution >= 4 is 21.7 Å². The smallest absolute Gasteiger partial charge is 0.189 e. The number of carbonyl (C=O) groups is 1. The van der Waals surface area contributed by atoms with Gasteiger partial charge in [-0.05, 0) is 18.9 Å². The Labute approximate surface area is 105 Å². The number of Topliss-reactive ketones (excluding diaryl/α,β-unsaturated/α-hetero) is 1. The van der Waals surface area contributed by atoms with Gasteiger partial charge in [0, 0.05) is 10.0 Å². The van der Waals surface area contributed by atoms with E-state index in [1.54, 1.807) is 6.07 Å². The summed E-state index contributed by atoms with van der Waals surface area (Å²) in [6.45, 7) is 6.28. The van der Waals surface area contributed by atoms with Crippen LogP contribution >= 0.6 is 15.9 Å². The summed E-state index contributed by atoms with van der Waals surface area (Å²) in [6, 6.07) is 7.40. The Morgan fingerprint density at radius 3 is 2.50 bits per heavy atom. The van der Waals surface area contributed by atoms with Crippen LogP contribution in [0.1, 0.15) is 31.1 Å². The fraction of sp³-hybridized carbons (Fsp3) is 0.462. The van der Waals surface area contributed by atoms with E-state index in [4.69, 9.17) is 4.74 Å². The lowest BCUT2D eigenvalue weighted by atomic mass is 10.1. The molecule has 0 aromatic heterocycles. The number of benzene rings is 1. The largest absolute Gasteiger partial charge is 0.370 e. The van der Waals surface area contributed by atoms with Gasteiger partial charge >= 0.3 is 0 Å². The lowest BCUT2D eigenvalue weighted by molar-refractivity contribution is 0.0336. The van der Waals surface area contributed by atoms with Gasteiger partial charge in [0.15, 0.2) is 5.78 Å². The SMILES string of the molecule is CC(C)C(C)OCC(=O)c1ccccc1Br. The van der Waals surface area contributed by atoms with Gasteiger partial charge in [-0.15, -0.1) is 0 Å². The van der Waals surface area contributed by atoms with Gasteiger partial charge in [0.2, 0.25) is 0 Å². The molecular formula is C13H17BrO2. The van der Waals surface area contributed by atoms with E-state index in [0.717, 1.165) is 4.47 Å². The minimum atomic E-state index is 0.0139. The first-order valence-corrected chi connectivity index (χ1v) is 6.21. The molecule has 1 atom stereocenters. The summed E-state index contributed by atoms with van der Waals surface area (Å²) >= 11 is 3.36. The first-order valence-electron chi connectivity index (χ1n) is 5.41. The van der Waals surface area contributed by atoms with E-state index in [9.17, 15) is 4.79 Å². The number of carbonyl (C=O) groups excluding carboxylic acids is 1. The molecule has 2 nitrogen and oxygen atoms in total. The Balaban J connectivity index is 2.57. The lowest BCUT2D eigenvalue weighted by Gasteiger charge is -2.16. The highest BCUT2D eigenvalue weighted by Gasteiger charge is 2.13. The zero-order valence-corrected chi connectivity index (χ0v) is 11.5. The average molecular weight is 285 g/mol. The molecule has 1 rings (SSSR count). The number of rotatable bonds is 5. The topological polar surface area (TPSA) is 26.3 Å². The summed E-state index contributed by atoms with van der Waals surface area (Å²) in [7, 11) is 0. The first-order chi connectivity index (χ1) is 7.52. The van der Waals surface area contributed by atoms with Crippen molar-refractivity contribution in [3.8, 4) is 0 Å². The van der Waals surface area contributed by atoms with Gasteiger partial charge < -0.3 is 4.74 Å². The average Bonchev–Trinajstić information content (AvgIpc) is 2.25. The highest BCUT2D eigenvalue weighted by atomic mass is 79.9. The standard InChI is InChI=1S/C13H17BrO2/c1-9(2)10(3)16-8-13(15)11-6-4-5-7-12(11)14/h4-7,9-10H,8H2,1-3H3. The molecule has 0 saturated heterocycles. The Kier molecular flexibility index (Phi) is 5.16. The summed E-state index contributed by atoms with van der Waals surface area (Å²) in [4.78, 5) is 11.8. The second-order valence-electron chi connectivity index (χ2n) is 4.16. The highest BCUT2D eigenvalue weighted by molar-refractivity contribution is 9.10. The maximum absolute atomic E-state index is 11.8. The molecule has 16 heavy (non-hydrogen) atoms. The van der Waals surface area contributed by atoms with E-state index in [1.807, 2.05) is 25.1 Å². The fourth-order valence-electron chi connectivity index (χ4n) is 1.16. The molecule has 0 aliphatic heterocycles. The molecule has 88 valence electrons. The van der Waals surface area contributed by atoms with Crippen molar-refractivity contribution in [3.05, 3.63) is 34.3 Å². The summed E-state index contributed by atoms with van der Waals surface area (Å²) in [5.74, 6) is 0.437. The molecule has 0 aliphatic rings. The van der Waals surface area contributed by atoms with E-state index in [2.05, 4.69) is 29.8 Å². The van der Waals surface area contributed by atoms with Crippen LogP contribution in [0.4, 0.5) is 0 Å². The second kappa shape index (κ2) is 6.16. The van der Waals surface area contributed by atoms with Crippen molar-refractivity contribution in [1.82, 2.24) is 0 Å². The summed E-state index contributed by atoms with van der Waals surface area (Å²) in [5, 5.41) is 0. The molecule has 3 heteroatoms. The van der Waals surface area contributed by atoms with Crippen LogP contribution < -0.4 is 0 Å². The Morgan fingerprint density at radius 1 is 1.31 bits per heavy atom. The van der Waals surface area contributed by atoms with Crippen LogP contribution in [0.25, 0.3) is 0 Å². The molecule has 0 N–H and O–H groups in total. The van der Waals surface area contributed by atoms with Crippen molar-refractivity contribution in [3.63, 3.8) is 0 Å². The molecule has 0 amide bonds. The van der Waals surface area contributed by atoms with Crippen molar-refractivity contribution in [2.75, 3.05) is 6.61 Å². The van der Waals surface area contributed by atoms with Gasteiger partial charge in [0.1, 0.15) is 6.61 Å². The minimum absolute atomic E-state index is 0.0139. The van der Waals surface area contributed by atoms with Gasteiger partial charge in [-0.25, -0.2) is 0 Å². The molecule has 0 fully saturated rings. The van der Waals surface area contributed by atoms with Crippen LogP contribution in [-0.4, -0.2) is 18.5 Å². The molecule has 0 heterocycles. The van der Waals surface area contributed by atoms with Crippen LogP contribution in [0.2, 0.25) is 0 Å². The van der Waals surface area contributed by atoms with E-state index in [-0.39, 0.29) is 18.5 Å². The van der Waals surface area contributed by atoms with Gasteiger partial charge in [-0.2, -0.15) is 0 Å². The minimum Gasteiger partial charge on any atom is -0.370 e. The zero-order valence-electron chi connectivity index (χ0n) is 9.87.